The van der Waals surface area contributed by atoms with E-state index in [1.54, 1.807) is 0 Å². The van der Waals surface area contributed by atoms with E-state index in [1.165, 1.54) is 0 Å². The molecular formula is C17H20ClNO2. The number of nitrogens with one attached hydrogen (secondary N) is 1. The summed E-state index contributed by atoms with van der Waals surface area (Å²) in [7, 11) is 0. The minimum Gasteiger partial charge on any atom is -0.457 e. The van der Waals surface area contributed by atoms with Crippen molar-refractivity contribution in [3.05, 3.63) is 58.6 Å². The van der Waals surface area contributed by atoms with E-state index in [1.807, 2.05) is 42.5 Å². The second kappa shape index (κ2) is 8.03. The van der Waals surface area contributed by atoms with Gasteiger partial charge in [0.05, 0.1) is 0 Å². The van der Waals surface area contributed by atoms with Crippen LogP contribution in [0.25, 0.3) is 0 Å². The molecule has 0 fully saturated rings. The molecule has 0 saturated heterocycles. The molecular weight excluding hydrogens is 286 g/mol. The Hall–Kier alpha value is -1.55. The molecule has 0 radical (unpaired) electrons. The highest BCUT2D eigenvalue weighted by Crippen LogP contribution is 2.30. The molecule has 0 aliphatic heterocycles. The fraction of sp³-hybridized carbons (Fsp3) is 0.294. The lowest BCUT2D eigenvalue weighted by atomic mass is 10.1. The highest BCUT2D eigenvalue weighted by atomic mass is 35.5. The Morgan fingerprint density at radius 2 is 1.90 bits per heavy atom. The van der Waals surface area contributed by atoms with Crippen molar-refractivity contribution in [3.63, 3.8) is 0 Å². The van der Waals surface area contributed by atoms with Gasteiger partial charge in [0.1, 0.15) is 11.5 Å². The van der Waals surface area contributed by atoms with Gasteiger partial charge in [-0.05, 0) is 42.8 Å². The fourth-order valence-corrected chi connectivity index (χ4v) is 2.27. The summed E-state index contributed by atoms with van der Waals surface area (Å²) in [6.07, 6.45) is 0.656. The number of hydrogen-bond acceptors (Lipinski definition) is 3. The van der Waals surface area contributed by atoms with Crippen LogP contribution in [0.15, 0.2) is 42.5 Å². The quantitative estimate of drug-likeness (QED) is 0.818. The lowest BCUT2D eigenvalue weighted by Crippen LogP contribution is -2.12. The number of hydrogen-bond donors (Lipinski definition) is 2. The summed E-state index contributed by atoms with van der Waals surface area (Å²) >= 11 is 6.25. The minimum absolute atomic E-state index is 0.154. The van der Waals surface area contributed by atoms with Crippen LogP contribution in [-0.4, -0.2) is 18.3 Å². The first-order valence-electron chi connectivity index (χ1n) is 7.10. The van der Waals surface area contributed by atoms with E-state index in [4.69, 9.17) is 21.4 Å². The van der Waals surface area contributed by atoms with Crippen LogP contribution < -0.4 is 10.1 Å². The summed E-state index contributed by atoms with van der Waals surface area (Å²) in [5.41, 5.74) is 2.05. The topological polar surface area (TPSA) is 41.5 Å². The van der Waals surface area contributed by atoms with Gasteiger partial charge in [0.25, 0.3) is 0 Å². The smallest absolute Gasteiger partial charge is 0.133 e. The average Bonchev–Trinajstić information content (AvgIpc) is 2.49. The standard InChI is InChI=1S/C17H20ClNO2/c1-2-19-12-15-16(18)4-3-5-17(15)21-14-8-6-13(7-9-14)10-11-20/h3-9,19-20H,2,10-12H2,1H3. The highest BCUT2D eigenvalue weighted by molar-refractivity contribution is 6.31. The maximum atomic E-state index is 8.92. The predicted molar refractivity (Wildman–Crippen MR) is 86.1 cm³/mol. The molecule has 3 nitrogen and oxygen atoms in total. The number of ether oxygens (including phenoxy) is 1. The van der Waals surface area contributed by atoms with Crippen molar-refractivity contribution in [2.45, 2.75) is 19.9 Å². The van der Waals surface area contributed by atoms with Gasteiger partial charge < -0.3 is 15.2 Å². The Balaban J connectivity index is 2.16. The molecule has 2 aromatic carbocycles. The van der Waals surface area contributed by atoms with Gasteiger partial charge in [0.15, 0.2) is 0 Å². The molecule has 0 spiro atoms. The summed E-state index contributed by atoms with van der Waals surface area (Å²) in [6, 6.07) is 13.4. The van der Waals surface area contributed by atoms with Crippen LogP contribution in [0, 0.1) is 0 Å². The third-order valence-corrected chi connectivity index (χ3v) is 3.53. The van der Waals surface area contributed by atoms with Crippen molar-refractivity contribution in [2.75, 3.05) is 13.2 Å². The van der Waals surface area contributed by atoms with Gasteiger partial charge in [-0.2, -0.15) is 0 Å². The van der Waals surface area contributed by atoms with Crippen molar-refractivity contribution < 1.29 is 9.84 Å². The molecule has 0 saturated carbocycles. The van der Waals surface area contributed by atoms with Crippen molar-refractivity contribution >= 4 is 11.6 Å². The fourth-order valence-electron chi connectivity index (χ4n) is 2.04. The van der Waals surface area contributed by atoms with Crippen molar-refractivity contribution in [1.29, 1.82) is 0 Å². The SMILES string of the molecule is CCNCc1c(Cl)cccc1Oc1ccc(CCO)cc1. The monoisotopic (exact) mass is 305 g/mol. The molecule has 0 aromatic heterocycles. The average molecular weight is 306 g/mol. The zero-order valence-electron chi connectivity index (χ0n) is 12.1. The summed E-state index contributed by atoms with van der Waals surface area (Å²) in [6.45, 7) is 3.76. The lowest BCUT2D eigenvalue weighted by Gasteiger charge is -2.13. The lowest BCUT2D eigenvalue weighted by molar-refractivity contribution is 0.299. The molecule has 0 unspecified atom stereocenters. The Labute approximate surface area is 130 Å². The molecule has 0 bridgehead atoms. The van der Waals surface area contributed by atoms with Gasteiger partial charge in [-0.1, -0.05) is 36.7 Å². The van der Waals surface area contributed by atoms with Crippen LogP contribution in [0.5, 0.6) is 11.5 Å². The van der Waals surface area contributed by atoms with Gasteiger partial charge in [0.2, 0.25) is 0 Å². The molecule has 2 rings (SSSR count). The van der Waals surface area contributed by atoms with E-state index >= 15 is 0 Å². The molecule has 0 amide bonds. The second-order valence-electron chi connectivity index (χ2n) is 4.72. The van der Waals surface area contributed by atoms with Crippen LogP contribution in [0.4, 0.5) is 0 Å². The van der Waals surface area contributed by atoms with Gasteiger partial charge in [-0.15, -0.1) is 0 Å². The van der Waals surface area contributed by atoms with E-state index in [-0.39, 0.29) is 6.61 Å². The number of rotatable bonds is 7. The molecule has 2 aromatic rings. The molecule has 0 atom stereocenters. The van der Waals surface area contributed by atoms with E-state index in [2.05, 4.69) is 12.2 Å². The first-order chi connectivity index (χ1) is 10.2. The Morgan fingerprint density at radius 1 is 1.14 bits per heavy atom. The van der Waals surface area contributed by atoms with Crippen molar-refractivity contribution in [1.82, 2.24) is 5.32 Å². The number of aliphatic hydroxyl groups excluding tert-OH is 1. The zero-order valence-corrected chi connectivity index (χ0v) is 12.9. The first kappa shape index (κ1) is 15.8. The number of benzene rings is 2. The van der Waals surface area contributed by atoms with Crippen LogP contribution in [0.2, 0.25) is 5.02 Å². The third kappa shape index (κ3) is 4.46. The maximum absolute atomic E-state index is 8.92. The molecule has 21 heavy (non-hydrogen) atoms. The molecule has 0 heterocycles. The zero-order chi connectivity index (χ0) is 15.1. The Morgan fingerprint density at radius 3 is 2.57 bits per heavy atom. The van der Waals surface area contributed by atoms with Gasteiger partial charge in [0, 0.05) is 23.7 Å². The highest BCUT2D eigenvalue weighted by Gasteiger charge is 2.08. The van der Waals surface area contributed by atoms with Crippen LogP contribution in [-0.2, 0) is 13.0 Å². The first-order valence-corrected chi connectivity index (χ1v) is 7.48. The number of aliphatic hydroxyl groups is 1. The van der Waals surface area contributed by atoms with Crippen LogP contribution in [0.3, 0.4) is 0 Å². The maximum Gasteiger partial charge on any atom is 0.133 e. The molecule has 0 aliphatic rings. The van der Waals surface area contributed by atoms with Gasteiger partial charge in [-0.3, -0.25) is 0 Å². The Kier molecular flexibility index (Phi) is 6.05. The van der Waals surface area contributed by atoms with E-state index in [0.717, 1.165) is 29.2 Å². The van der Waals surface area contributed by atoms with Crippen molar-refractivity contribution in [3.8, 4) is 11.5 Å². The van der Waals surface area contributed by atoms with E-state index in [0.29, 0.717) is 18.0 Å². The number of halogens is 1. The summed E-state index contributed by atoms with van der Waals surface area (Å²) in [5.74, 6) is 1.52. The normalized spacial score (nSPS) is 10.6. The van der Waals surface area contributed by atoms with E-state index in [9.17, 15) is 0 Å². The third-order valence-electron chi connectivity index (χ3n) is 3.18. The molecule has 112 valence electrons. The Bertz CT molecular complexity index is 570. The van der Waals surface area contributed by atoms with Gasteiger partial charge >= 0.3 is 0 Å². The van der Waals surface area contributed by atoms with Crippen LogP contribution in [0.1, 0.15) is 18.1 Å². The largest absolute Gasteiger partial charge is 0.457 e. The predicted octanol–water partition coefficient (Wildman–Crippen LogP) is 3.78. The summed E-state index contributed by atoms with van der Waals surface area (Å²) < 4.78 is 5.93. The summed E-state index contributed by atoms with van der Waals surface area (Å²) in [5, 5.41) is 12.9. The molecule has 2 N–H and O–H groups in total. The minimum atomic E-state index is 0.154. The van der Waals surface area contributed by atoms with Crippen molar-refractivity contribution in [2.24, 2.45) is 0 Å². The second-order valence-corrected chi connectivity index (χ2v) is 5.12. The molecule has 4 heteroatoms. The van der Waals surface area contributed by atoms with E-state index < -0.39 is 0 Å². The van der Waals surface area contributed by atoms with Crippen LogP contribution >= 0.6 is 11.6 Å². The molecule has 0 aliphatic carbocycles. The van der Waals surface area contributed by atoms with Gasteiger partial charge in [-0.25, -0.2) is 0 Å². The summed E-state index contributed by atoms with van der Waals surface area (Å²) in [4.78, 5) is 0.